The Morgan fingerprint density at radius 1 is 1.07 bits per heavy atom. The zero-order valence-corrected chi connectivity index (χ0v) is 17.0. The third-order valence-corrected chi connectivity index (χ3v) is 6.24. The lowest BCUT2D eigenvalue weighted by atomic mass is 9.64. The van der Waals surface area contributed by atoms with Gasteiger partial charge in [0.25, 0.3) is 0 Å². The van der Waals surface area contributed by atoms with Crippen LogP contribution in [0.5, 0.6) is 0 Å². The van der Waals surface area contributed by atoms with Gasteiger partial charge in [-0.15, -0.1) is 0 Å². The fourth-order valence-electron chi connectivity index (χ4n) is 3.51. The number of nitrogens with two attached hydrogens (primary N) is 1. The smallest absolute Gasteiger partial charge is 0.238 e. The van der Waals surface area contributed by atoms with Crippen molar-refractivity contribution < 1.29 is 8.42 Å². The molecule has 6 nitrogen and oxygen atoms in total. The molecule has 1 aliphatic rings. The van der Waals surface area contributed by atoms with Crippen LogP contribution in [0.1, 0.15) is 37.3 Å². The highest BCUT2D eigenvalue weighted by molar-refractivity contribution is 7.89. The second-order valence-electron chi connectivity index (χ2n) is 7.24. The molecular formula is C21H28N4O2S. The monoisotopic (exact) mass is 400 g/mol. The first kappa shape index (κ1) is 20.4. The molecule has 0 heterocycles. The molecule has 1 saturated carbocycles. The lowest BCUT2D eigenvalue weighted by molar-refractivity contribution is 0.244. The van der Waals surface area contributed by atoms with E-state index in [-0.39, 0.29) is 10.3 Å². The zero-order valence-electron chi connectivity index (χ0n) is 16.2. The maximum absolute atomic E-state index is 11.4. The third kappa shape index (κ3) is 4.91. The van der Waals surface area contributed by atoms with E-state index in [9.17, 15) is 8.42 Å². The topological polar surface area (TPSA) is 96.6 Å². The highest BCUT2D eigenvalue weighted by Crippen LogP contribution is 2.43. The first-order valence-electron chi connectivity index (χ1n) is 9.62. The van der Waals surface area contributed by atoms with Crippen LogP contribution in [-0.2, 0) is 22.0 Å². The Kier molecular flexibility index (Phi) is 6.36. The van der Waals surface area contributed by atoms with E-state index >= 15 is 0 Å². The van der Waals surface area contributed by atoms with Gasteiger partial charge in [-0.2, -0.15) is 0 Å². The number of nitrogens with zero attached hydrogens (tertiary/aromatic N) is 1. The van der Waals surface area contributed by atoms with Crippen molar-refractivity contribution >= 4 is 16.0 Å². The summed E-state index contributed by atoms with van der Waals surface area (Å²) in [6.45, 7) is 4.11. The number of sulfonamides is 1. The lowest BCUT2D eigenvalue weighted by Gasteiger charge is -2.43. The van der Waals surface area contributed by atoms with Gasteiger partial charge in [-0.1, -0.05) is 48.9 Å². The average molecular weight is 401 g/mol. The molecule has 0 saturated heterocycles. The number of hydrogen-bond donors (Lipinski definition) is 3. The maximum atomic E-state index is 11.4. The minimum atomic E-state index is -3.67. The van der Waals surface area contributed by atoms with Crippen LogP contribution < -0.4 is 15.8 Å². The van der Waals surface area contributed by atoms with E-state index in [1.54, 1.807) is 12.1 Å². The molecule has 0 bridgehead atoms. The van der Waals surface area contributed by atoms with E-state index in [1.165, 1.54) is 37.0 Å². The normalized spacial score (nSPS) is 16.3. The molecule has 7 heteroatoms. The van der Waals surface area contributed by atoms with Crippen LogP contribution in [-0.4, -0.2) is 27.5 Å². The van der Waals surface area contributed by atoms with Crippen LogP contribution in [0.2, 0.25) is 0 Å². The number of aliphatic imine (C=N–C) groups is 1. The van der Waals surface area contributed by atoms with Crippen molar-refractivity contribution in [3.05, 3.63) is 65.7 Å². The predicted molar refractivity (Wildman–Crippen MR) is 113 cm³/mol. The number of guanidine groups is 1. The molecule has 0 aromatic heterocycles. The van der Waals surface area contributed by atoms with Gasteiger partial charge >= 0.3 is 0 Å². The van der Waals surface area contributed by atoms with Gasteiger partial charge in [-0.3, -0.25) is 0 Å². The van der Waals surface area contributed by atoms with E-state index in [0.29, 0.717) is 6.54 Å². The van der Waals surface area contributed by atoms with E-state index in [4.69, 9.17) is 5.14 Å². The van der Waals surface area contributed by atoms with Gasteiger partial charge in [-0.25, -0.2) is 18.5 Å². The van der Waals surface area contributed by atoms with E-state index in [0.717, 1.165) is 24.6 Å². The number of benzene rings is 2. The van der Waals surface area contributed by atoms with Crippen molar-refractivity contribution in [2.45, 2.75) is 43.0 Å². The van der Waals surface area contributed by atoms with Gasteiger partial charge in [0.15, 0.2) is 5.96 Å². The maximum Gasteiger partial charge on any atom is 0.238 e. The molecule has 3 rings (SSSR count). The average Bonchev–Trinajstić information content (AvgIpc) is 2.65. The van der Waals surface area contributed by atoms with Crippen molar-refractivity contribution in [3.8, 4) is 0 Å². The summed E-state index contributed by atoms with van der Waals surface area (Å²) < 4.78 is 22.7. The lowest BCUT2D eigenvalue weighted by Crippen LogP contribution is -2.48. The minimum Gasteiger partial charge on any atom is -0.357 e. The quantitative estimate of drug-likeness (QED) is 0.491. The number of nitrogens with one attached hydrogen (secondary N) is 2. The fraction of sp³-hybridized carbons (Fsp3) is 0.381. The van der Waals surface area contributed by atoms with Crippen molar-refractivity contribution in [3.63, 3.8) is 0 Å². The Morgan fingerprint density at radius 3 is 2.29 bits per heavy atom. The van der Waals surface area contributed by atoms with Crippen LogP contribution in [0.3, 0.4) is 0 Å². The summed E-state index contributed by atoms with van der Waals surface area (Å²) in [7, 11) is -3.67. The van der Waals surface area contributed by atoms with E-state index in [1.807, 2.05) is 6.92 Å². The van der Waals surface area contributed by atoms with Crippen molar-refractivity contribution in [2.75, 3.05) is 13.1 Å². The van der Waals surface area contributed by atoms with Crippen LogP contribution in [0, 0.1) is 0 Å². The molecule has 4 N–H and O–H groups in total. The predicted octanol–water partition coefficient (Wildman–Crippen LogP) is 2.51. The molecule has 1 aliphatic carbocycles. The van der Waals surface area contributed by atoms with Gasteiger partial charge in [-0.05, 0) is 43.0 Å². The molecule has 0 unspecified atom stereocenters. The Hall–Kier alpha value is -2.38. The van der Waals surface area contributed by atoms with E-state index < -0.39 is 10.0 Å². The molecule has 28 heavy (non-hydrogen) atoms. The molecule has 0 atom stereocenters. The van der Waals surface area contributed by atoms with Crippen LogP contribution in [0.25, 0.3) is 0 Å². The molecule has 0 radical (unpaired) electrons. The molecule has 0 aliphatic heterocycles. The highest BCUT2D eigenvalue weighted by Gasteiger charge is 2.38. The summed E-state index contributed by atoms with van der Waals surface area (Å²) in [5, 5.41) is 11.9. The van der Waals surface area contributed by atoms with Gasteiger partial charge in [0, 0.05) is 18.5 Å². The second kappa shape index (κ2) is 8.75. The van der Waals surface area contributed by atoms with Crippen LogP contribution >= 0.6 is 0 Å². The van der Waals surface area contributed by atoms with Gasteiger partial charge in [0.2, 0.25) is 10.0 Å². The molecular weight excluding hydrogens is 372 g/mol. The molecule has 1 fully saturated rings. The Bertz CT molecular complexity index is 905. The number of primary sulfonamides is 1. The van der Waals surface area contributed by atoms with Crippen molar-refractivity contribution in [1.29, 1.82) is 0 Å². The first-order valence-corrected chi connectivity index (χ1v) is 11.2. The van der Waals surface area contributed by atoms with Crippen LogP contribution in [0.4, 0.5) is 0 Å². The van der Waals surface area contributed by atoms with Gasteiger partial charge < -0.3 is 10.6 Å². The zero-order chi connectivity index (χ0) is 20.0. The first-order chi connectivity index (χ1) is 13.4. The Morgan fingerprint density at radius 2 is 1.75 bits per heavy atom. The van der Waals surface area contributed by atoms with Gasteiger partial charge in [0.05, 0.1) is 11.4 Å². The molecule has 2 aromatic carbocycles. The minimum absolute atomic E-state index is 0.111. The second-order valence-corrected chi connectivity index (χ2v) is 8.80. The van der Waals surface area contributed by atoms with E-state index in [2.05, 4.69) is 46.0 Å². The van der Waals surface area contributed by atoms with Crippen molar-refractivity contribution in [1.82, 2.24) is 10.6 Å². The largest absolute Gasteiger partial charge is 0.357 e. The number of hydrogen-bond acceptors (Lipinski definition) is 3. The highest BCUT2D eigenvalue weighted by atomic mass is 32.2. The third-order valence-electron chi connectivity index (χ3n) is 5.31. The summed E-state index contributed by atoms with van der Waals surface area (Å²) in [6, 6.07) is 17.2. The SMILES string of the molecule is CCNC(=NCc1ccc(S(N)(=O)=O)cc1)NCC1(c2ccccc2)CCC1. The molecule has 2 aromatic rings. The Labute approximate surface area is 167 Å². The van der Waals surface area contributed by atoms with Crippen molar-refractivity contribution in [2.24, 2.45) is 10.1 Å². The Balaban J connectivity index is 1.66. The molecule has 150 valence electrons. The molecule has 0 amide bonds. The van der Waals surface area contributed by atoms with Gasteiger partial charge in [0.1, 0.15) is 0 Å². The summed E-state index contributed by atoms with van der Waals surface area (Å²) in [6.07, 6.45) is 3.61. The summed E-state index contributed by atoms with van der Waals surface area (Å²) in [5.41, 5.74) is 2.48. The standard InChI is InChI=1S/C21H28N4O2S/c1-2-23-20(24-15-17-9-11-19(12-10-17)28(22,26)27)25-16-21(13-6-14-21)18-7-4-3-5-8-18/h3-5,7-12H,2,6,13-16H2,1H3,(H2,22,26,27)(H2,23,24,25). The summed E-state index contributed by atoms with van der Waals surface area (Å²) in [4.78, 5) is 4.76. The summed E-state index contributed by atoms with van der Waals surface area (Å²) >= 11 is 0. The van der Waals surface area contributed by atoms with Crippen LogP contribution in [0.15, 0.2) is 64.5 Å². The summed E-state index contributed by atoms with van der Waals surface area (Å²) in [5.74, 6) is 0.764. The number of rotatable bonds is 7. The molecule has 0 spiro atoms. The fourth-order valence-corrected chi connectivity index (χ4v) is 4.03.